The first-order valence-corrected chi connectivity index (χ1v) is 7.05. The molecule has 0 aromatic heterocycles. The highest BCUT2D eigenvalue weighted by atomic mass is 19.1. The lowest BCUT2D eigenvalue weighted by molar-refractivity contribution is 0.428. The van der Waals surface area contributed by atoms with Crippen molar-refractivity contribution >= 4 is 5.96 Å². The lowest BCUT2D eigenvalue weighted by Gasteiger charge is -2.21. The van der Waals surface area contributed by atoms with Crippen LogP contribution in [0.3, 0.4) is 0 Å². The Kier molecular flexibility index (Phi) is 5.19. The molecule has 0 amide bonds. The lowest BCUT2D eigenvalue weighted by atomic mass is 10.1. The van der Waals surface area contributed by atoms with Crippen molar-refractivity contribution in [1.29, 1.82) is 0 Å². The fraction of sp³-hybridized carbons (Fsp3) is 0.533. The van der Waals surface area contributed by atoms with Crippen molar-refractivity contribution in [2.45, 2.75) is 32.1 Å². The van der Waals surface area contributed by atoms with Gasteiger partial charge in [0.05, 0.1) is 0 Å². The Morgan fingerprint density at radius 2 is 1.84 bits per heavy atom. The second-order valence-corrected chi connectivity index (χ2v) is 4.98. The van der Waals surface area contributed by atoms with E-state index in [1.165, 1.54) is 31.7 Å². The van der Waals surface area contributed by atoms with Crippen LogP contribution in [0.2, 0.25) is 0 Å². The molecule has 3 nitrogen and oxygen atoms in total. The summed E-state index contributed by atoms with van der Waals surface area (Å²) in [5, 5.41) is 0. The maximum absolute atomic E-state index is 13.4. The molecule has 0 saturated carbocycles. The topological polar surface area (TPSA) is 41.6 Å². The Balaban J connectivity index is 1.86. The summed E-state index contributed by atoms with van der Waals surface area (Å²) in [5.74, 6) is 0.448. The molecule has 1 aromatic rings. The molecular weight excluding hydrogens is 241 g/mol. The Hall–Kier alpha value is -1.58. The number of aliphatic imine (C=N–C) groups is 1. The summed E-state index contributed by atoms with van der Waals surface area (Å²) < 4.78 is 13.4. The number of likely N-dealkylation sites (tertiary alicyclic amines) is 1. The monoisotopic (exact) mass is 263 g/mol. The highest BCUT2D eigenvalue weighted by Gasteiger charge is 2.10. The maximum Gasteiger partial charge on any atom is 0.191 e. The van der Waals surface area contributed by atoms with E-state index in [1.807, 2.05) is 6.07 Å². The third-order valence-electron chi connectivity index (χ3n) is 3.54. The van der Waals surface area contributed by atoms with Crippen molar-refractivity contribution in [2.24, 2.45) is 10.7 Å². The van der Waals surface area contributed by atoms with E-state index in [4.69, 9.17) is 5.73 Å². The second-order valence-electron chi connectivity index (χ2n) is 4.98. The normalized spacial score (nSPS) is 17.3. The van der Waals surface area contributed by atoms with Gasteiger partial charge >= 0.3 is 0 Å². The number of halogens is 1. The van der Waals surface area contributed by atoms with E-state index in [-0.39, 0.29) is 5.82 Å². The molecule has 19 heavy (non-hydrogen) atoms. The third-order valence-corrected chi connectivity index (χ3v) is 3.54. The first kappa shape index (κ1) is 13.8. The zero-order chi connectivity index (χ0) is 13.5. The van der Waals surface area contributed by atoms with Crippen molar-refractivity contribution < 1.29 is 4.39 Å². The number of hydrogen-bond acceptors (Lipinski definition) is 1. The van der Waals surface area contributed by atoms with Crippen molar-refractivity contribution in [2.75, 3.05) is 19.6 Å². The molecule has 1 aliphatic rings. The molecule has 1 aliphatic heterocycles. The van der Waals surface area contributed by atoms with Crippen molar-refractivity contribution in [3.05, 3.63) is 35.6 Å². The van der Waals surface area contributed by atoms with E-state index in [2.05, 4.69) is 9.89 Å². The second kappa shape index (κ2) is 7.12. The summed E-state index contributed by atoms with van der Waals surface area (Å²) in [6.45, 7) is 2.54. The molecule has 2 N–H and O–H groups in total. The highest BCUT2D eigenvalue weighted by Crippen LogP contribution is 2.10. The summed E-state index contributed by atoms with van der Waals surface area (Å²) >= 11 is 0. The first-order chi connectivity index (χ1) is 9.27. The van der Waals surface area contributed by atoms with Crippen molar-refractivity contribution in [3.8, 4) is 0 Å². The summed E-state index contributed by atoms with van der Waals surface area (Å²) in [5.41, 5.74) is 6.71. The predicted molar refractivity (Wildman–Crippen MR) is 76.6 cm³/mol. The molecule has 0 aliphatic carbocycles. The maximum atomic E-state index is 13.4. The van der Waals surface area contributed by atoms with Gasteiger partial charge in [-0.1, -0.05) is 31.0 Å². The number of nitrogens with zero attached hydrogens (tertiary/aromatic N) is 2. The Bertz CT molecular complexity index is 423. The van der Waals surface area contributed by atoms with Gasteiger partial charge in [-0.3, -0.25) is 4.99 Å². The van der Waals surface area contributed by atoms with E-state index in [0.717, 1.165) is 13.1 Å². The van der Waals surface area contributed by atoms with Crippen molar-refractivity contribution in [1.82, 2.24) is 4.90 Å². The molecule has 0 radical (unpaired) electrons. The van der Waals surface area contributed by atoms with E-state index in [1.54, 1.807) is 12.1 Å². The smallest absolute Gasteiger partial charge is 0.191 e. The van der Waals surface area contributed by atoms with Gasteiger partial charge in [0.15, 0.2) is 5.96 Å². The van der Waals surface area contributed by atoms with Crippen LogP contribution in [0.5, 0.6) is 0 Å². The molecule has 0 atom stereocenters. The van der Waals surface area contributed by atoms with Gasteiger partial charge in [0.25, 0.3) is 0 Å². The quantitative estimate of drug-likeness (QED) is 0.672. The number of hydrogen-bond donors (Lipinski definition) is 1. The van der Waals surface area contributed by atoms with E-state index >= 15 is 0 Å². The number of guanidine groups is 1. The predicted octanol–water partition coefficient (Wildman–Crippen LogP) is 2.56. The Morgan fingerprint density at radius 1 is 1.16 bits per heavy atom. The fourth-order valence-electron chi connectivity index (χ4n) is 2.39. The lowest BCUT2D eigenvalue weighted by Crippen LogP contribution is -2.38. The van der Waals surface area contributed by atoms with Crippen LogP contribution in [0.1, 0.15) is 31.2 Å². The van der Waals surface area contributed by atoms with E-state index < -0.39 is 0 Å². The third kappa shape index (κ3) is 4.23. The number of benzene rings is 1. The number of rotatable bonds is 3. The summed E-state index contributed by atoms with van der Waals surface area (Å²) in [6, 6.07) is 6.83. The Morgan fingerprint density at radius 3 is 2.53 bits per heavy atom. The molecule has 1 aromatic carbocycles. The molecule has 4 heteroatoms. The minimum atomic E-state index is -0.161. The van der Waals surface area contributed by atoms with Gasteiger partial charge < -0.3 is 10.6 Å². The first-order valence-electron chi connectivity index (χ1n) is 7.05. The summed E-state index contributed by atoms with van der Waals surface area (Å²) in [4.78, 5) is 6.53. The fourth-order valence-corrected chi connectivity index (χ4v) is 2.39. The van der Waals surface area contributed by atoms with Gasteiger partial charge in [-0.05, 0) is 30.9 Å². The largest absolute Gasteiger partial charge is 0.370 e. The average molecular weight is 263 g/mol. The van der Waals surface area contributed by atoms with Crippen LogP contribution in [0.15, 0.2) is 29.3 Å². The van der Waals surface area contributed by atoms with Gasteiger partial charge in [-0.25, -0.2) is 4.39 Å². The molecule has 0 spiro atoms. The standard InChI is InChI=1S/C15H22FN3/c16-14-8-4-3-7-13(14)9-10-18-15(17)19-11-5-1-2-6-12-19/h3-4,7-8H,1-2,5-6,9-12H2,(H2,17,18). The zero-order valence-electron chi connectivity index (χ0n) is 11.3. The van der Waals surface area contributed by atoms with Gasteiger partial charge in [0.2, 0.25) is 0 Å². The Labute approximate surface area is 114 Å². The molecule has 1 heterocycles. The minimum Gasteiger partial charge on any atom is -0.370 e. The van der Waals surface area contributed by atoms with Gasteiger partial charge in [0, 0.05) is 19.6 Å². The van der Waals surface area contributed by atoms with Gasteiger partial charge in [-0.15, -0.1) is 0 Å². The van der Waals surface area contributed by atoms with Crippen LogP contribution >= 0.6 is 0 Å². The summed E-state index contributed by atoms with van der Waals surface area (Å²) in [6.07, 6.45) is 5.52. The van der Waals surface area contributed by atoms with Crippen LogP contribution < -0.4 is 5.73 Å². The SMILES string of the molecule is NC(=NCCc1ccccc1F)N1CCCCCC1. The number of nitrogens with two attached hydrogens (primary N) is 1. The van der Waals surface area contributed by atoms with Crippen LogP contribution in [0, 0.1) is 5.82 Å². The van der Waals surface area contributed by atoms with Crippen LogP contribution in [0.4, 0.5) is 4.39 Å². The zero-order valence-corrected chi connectivity index (χ0v) is 11.3. The molecule has 2 rings (SSSR count). The minimum absolute atomic E-state index is 0.161. The summed E-state index contributed by atoms with van der Waals surface area (Å²) in [7, 11) is 0. The molecule has 1 fully saturated rings. The van der Waals surface area contributed by atoms with Crippen molar-refractivity contribution in [3.63, 3.8) is 0 Å². The van der Waals surface area contributed by atoms with Crippen LogP contribution in [0.25, 0.3) is 0 Å². The van der Waals surface area contributed by atoms with Gasteiger partial charge in [0.1, 0.15) is 5.82 Å². The van der Waals surface area contributed by atoms with Gasteiger partial charge in [-0.2, -0.15) is 0 Å². The molecule has 1 saturated heterocycles. The van der Waals surface area contributed by atoms with E-state index in [9.17, 15) is 4.39 Å². The van der Waals surface area contributed by atoms with Crippen LogP contribution in [-0.2, 0) is 6.42 Å². The molecular formula is C15H22FN3. The highest BCUT2D eigenvalue weighted by molar-refractivity contribution is 5.78. The van der Waals surface area contributed by atoms with Crippen LogP contribution in [-0.4, -0.2) is 30.5 Å². The average Bonchev–Trinajstić information content (AvgIpc) is 2.70. The van der Waals surface area contributed by atoms with E-state index in [0.29, 0.717) is 24.5 Å². The molecule has 0 unspecified atom stereocenters. The molecule has 104 valence electrons. The molecule has 0 bridgehead atoms.